The molecule has 0 unspecified atom stereocenters. The maximum absolute atomic E-state index is 12.5. The number of rotatable bonds is 5. The Labute approximate surface area is 140 Å². The second-order valence-corrected chi connectivity index (χ2v) is 6.07. The number of benzene rings is 2. The minimum absolute atomic E-state index is 0.117. The third-order valence-electron chi connectivity index (χ3n) is 4.34. The number of ketones is 1. The lowest BCUT2D eigenvalue weighted by Gasteiger charge is -2.18. The Morgan fingerprint density at radius 1 is 1.04 bits per heavy atom. The summed E-state index contributed by atoms with van der Waals surface area (Å²) in [5.41, 5.74) is 3.81. The van der Waals surface area contributed by atoms with E-state index in [9.17, 15) is 14.7 Å². The van der Waals surface area contributed by atoms with Gasteiger partial charge in [-0.25, -0.2) is 0 Å². The van der Waals surface area contributed by atoms with Gasteiger partial charge in [-0.05, 0) is 25.5 Å². The Kier molecular flexibility index (Phi) is 4.21. The average Bonchev–Trinajstić information content (AvgIpc) is 2.88. The summed E-state index contributed by atoms with van der Waals surface area (Å²) in [4.78, 5) is 27.4. The average molecular weight is 320 g/mol. The monoisotopic (exact) mass is 320 g/mol. The summed E-state index contributed by atoms with van der Waals surface area (Å²) in [6.45, 7) is 3.76. The molecule has 24 heavy (non-hydrogen) atoms. The number of aliphatic carboxylic acids is 1. The van der Waals surface area contributed by atoms with Crippen molar-refractivity contribution in [2.45, 2.75) is 26.2 Å². The second kappa shape index (κ2) is 6.32. The van der Waals surface area contributed by atoms with Crippen molar-refractivity contribution in [1.82, 2.24) is 4.98 Å². The normalized spacial score (nSPS) is 12.2. The number of carbonyl (C=O) groups is 2. The van der Waals surface area contributed by atoms with Crippen molar-refractivity contribution >= 4 is 22.7 Å². The van der Waals surface area contributed by atoms with Crippen molar-refractivity contribution in [2.24, 2.45) is 0 Å². The Morgan fingerprint density at radius 2 is 1.71 bits per heavy atom. The van der Waals surface area contributed by atoms with Crippen LogP contribution in [0.15, 0.2) is 48.5 Å². The number of aromatic amines is 1. The number of hydrogen-bond acceptors (Lipinski definition) is 3. The lowest BCUT2D eigenvalue weighted by Crippen LogP contribution is -2.31. The highest BCUT2D eigenvalue weighted by Crippen LogP contribution is 2.31. The fraction of sp³-hybridized carbons (Fsp3) is 0.200. The molecule has 4 heteroatoms. The molecule has 0 aliphatic carbocycles. The number of aryl methyl sites for hydroxylation is 2. The largest absolute Gasteiger partial charge is 0.549 e. The number of aromatic nitrogens is 1. The van der Waals surface area contributed by atoms with Crippen molar-refractivity contribution in [3.8, 4) is 0 Å². The molecule has 0 spiro atoms. The predicted octanol–water partition coefficient (Wildman–Crippen LogP) is 2.89. The van der Waals surface area contributed by atoms with Crippen LogP contribution in [0.1, 0.15) is 39.5 Å². The minimum atomic E-state index is -1.23. The van der Waals surface area contributed by atoms with Crippen molar-refractivity contribution in [2.75, 3.05) is 0 Å². The van der Waals surface area contributed by atoms with E-state index in [0.29, 0.717) is 11.1 Å². The maximum atomic E-state index is 12.5. The summed E-state index contributed by atoms with van der Waals surface area (Å²) < 4.78 is 0. The molecule has 0 saturated heterocycles. The number of para-hydroxylation sites is 1. The van der Waals surface area contributed by atoms with Gasteiger partial charge in [0.25, 0.3) is 0 Å². The predicted molar refractivity (Wildman–Crippen MR) is 90.9 cm³/mol. The van der Waals surface area contributed by atoms with Gasteiger partial charge in [0.05, 0.1) is 0 Å². The van der Waals surface area contributed by atoms with E-state index in [4.69, 9.17) is 0 Å². The summed E-state index contributed by atoms with van der Waals surface area (Å²) in [6.07, 6.45) is -0.117. The van der Waals surface area contributed by atoms with E-state index in [1.807, 2.05) is 50.2 Å². The number of fused-ring (bicyclic) bond motifs is 1. The molecule has 1 heterocycles. The van der Waals surface area contributed by atoms with Crippen LogP contribution in [0.5, 0.6) is 0 Å². The fourth-order valence-corrected chi connectivity index (χ4v) is 3.09. The van der Waals surface area contributed by atoms with E-state index < -0.39 is 11.9 Å². The van der Waals surface area contributed by atoms with Crippen LogP contribution in [0.3, 0.4) is 0 Å². The molecule has 4 nitrogen and oxygen atoms in total. The van der Waals surface area contributed by atoms with Crippen molar-refractivity contribution in [3.05, 3.63) is 70.9 Å². The molecule has 3 rings (SSSR count). The van der Waals surface area contributed by atoms with Crippen molar-refractivity contribution < 1.29 is 14.7 Å². The summed E-state index contributed by atoms with van der Waals surface area (Å²) in [6, 6.07) is 14.6. The van der Waals surface area contributed by atoms with E-state index in [1.54, 1.807) is 12.1 Å². The van der Waals surface area contributed by atoms with Crippen LogP contribution in [0.2, 0.25) is 0 Å². The zero-order valence-corrected chi connectivity index (χ0v) is 13.6. The van der Waals surface area contributed by atoms with Gasteiger partial charge in [0, 0.05) is 40.5 Å². The molecule has 0 bridgehead atoms. The van der Waals surface area contributed by atoms with E-state index in [1.165, 1.54) is 0 Å². The standard InChI is InChI=1S/C20H19NO3/c1-12-7-9-14(10-8-12)18(22)11-16(20(23)24)19-13(2)21-17-6-4-3-5-15(17)19/h3-10,16,21H,11H2,1-2H3,(H,23,24)/p-1/t16-/m0/s1. The molecule has 0 saturated carbocycles. The van der Waals surface area contributed by atoms with Gasteiger partial charge < -0.3 is 14.9 Å². The number of hydrogen-bond donors (Lipinski definition) is 1. The first kappa shape index (κ1) is 16.0. The Hall–Kier alpha value is -2.88. The molecule has 3 aromatic rings. The van der Waals surface area contributed by atoms with Gasteiger partial charge in [-0.15, -0.1) is 0 Å². The first-order chi connectivity index (χ1) is 11.5. The molecule has 1 aromatic heterocycles. The smallest absolute Gasteiger partial charge is 0.163 e. The van der Waals surface area contributed by atoms with Gasteiger partial charge in [-0.2, -0.15) is 0 Å². The summed E-state index contributed by atoms with van der Waals surface area (Å²) in [5, 5.41) is 12.6. The highest BCUT2D eigenvalue weighted by atomic mass is 16.4. The van der Waals surface area contributed by atoms with Gasteiger partial charge in [-0.1, -0.05) is 48.0 Å². The quantitative estimate of drug-likeness (QED) is 0.735. The van der Waals surface area contributed by atoms with Gasteiger partial charge >= 0.3 is 0 Å². The van der Waals surface area contributed by atoms with E-state index >= 15 is 0 Å². The van der Waals surface area contributed by atoms with Crippen LogP contribution in [0.25, 0.3) is 10.9 Å². The molecule has 0 radical (unpaired) electrons. The van der Waals surface area contributed by atoms with Crippen molar-refractivity contribution in [3.63, 3.8) is 0 Å². The Bertz CT molecular complexity index is 906. The second-order valence-electron chi connectivity index (χ2n) is 6.07. The number of Topliss-reactive ketones (excluding diaryl/α,β-unsaturated/α-hetero) is 1. The molecule has 0 aliphatic heterocycles. The Morgan fingerprint density at radius 3 is 2.38 bits per heavy atom. The van der Waals surface area contributed by atoms with Gasteiger partial charge in [0.2, 0.25) is 0 Å². The van der Waals surface area contributed by atoms with Crippen LogP contribution in [0, 0.1) is 13.8 Å². The van der Waals surface area contributed by atoms with E-state index in [2.05, 4.69) is 4.98 Å². The SMILES string of the molecule is Cc1ccc(C(=O)C[C@H](C(=O)[O-])c2c(C)[nH]c3ccccc23)cc1. The summed E-state index contributed by atoms with van der Waals surface area (Å²) >= 11 is 0. The summed E-state index contributed by atoms with van der Waals surface area (Å²) in [5.74, 6) is -2.41. The number of H-pyrrole nitrogens is 1. The fourth-order valence-electron chi connectivity index (χ4n) is 3.09. The first-order valence-electron chi connectivity index (χ1n) is 7.85. The highest BCUT2D eigenvalue weighted by Gasteiger charge is 2.23. The lowest BCUT2D eigenvalue weighted by atomic mass is 9.89. The summed E-state index contributed by atoms with van der Waals surface area (Å²) in [7, 11) is 0. The third kappa shape index (κ3) is 2.95. The topological polar surface area (TPSA) is 73.0 Å². The van der Waals surface area contributed by atoms with Gasteiger partial charge in [0.1, 0.15) is 0 Å². The Balaban J connectivity index is 1.98. The van der Waals surface area contributed by atoms with Crippen LogP contribution in [-0.4, -0.2) is 16.7 Å². The molecule has 1 atom stereocenters. The number of carboxylic acids is 1. The van der Waals surface area contributed by atoms with Crippen LogP contribution in [-0.2, 0) is 4.79 Å². The zero-order valence-electron chi connectivity index (χ0n) is 13.6. The van der Waals surface area contributed by atoms with E-state index in [-0.39, 0.29) is 12.2 Å². The maximum Gasteiger partial charge on any atom is 0.163 e. The molecular weight excluding hydrogens is 302 g/mol. The number of carbonyl (C=O) groups excluding carboxylic acids is 2. The molecule has 0 aliphatic rings. The molecule has 0 amide bonds. The third-order valence-corrected chi connectivity index (χ3v) is 4.34. The van der Waals surface area contributed by atoms with Crippen LogP contribution in [0.4, 0.5) is 0 Å². The molecular formula is C20H18NO3-. The van der Waals surface area contributed by atoms with Crippen LogP contribution >= 0.6 is 0 Å². The number of nitrogens with one attached hydrogen (secondary N) is 1. The van der Waals surface area contributed by atoms with Crippen molar-refractivity contribution in [1.29, 1.82) is 0 Å². The highest BCUT2D eigenvalue weighted by molar-refractivity contribution is 6.00. The molecule has 0 fully saturated rings. The molecule has 1 N–H and O–H groups in total. The van der Waals surface area contributed by atoms with Gasteiger partial charge in [-0.3, -0.25) is 4.79 Å². The number of carboxylic acid groups (broad SMARTS) is 1. The minimum Gasteiger partial charge on any atom is -0.549 e. The molecule has 2 aromatic carbocycles. The first-order valence-corrected chi connectivity index (χ1v) is 7.85. The zero-order chi connectivity index (χ0) is 17.3. The van der Waals surface area contributed by atoms with E-state index in [0.717, 1.165) is 22.2 Å². The van der Waals surface area contributed by atoms with Gasteiger partial charge in [0.15, 0.2) is 5.78 Å². The molecule has 122 valence electrons. The van der Waals surface area contributed by atoms with Crippen LogP contribution < -0.4 is 5.11 Å². The lowest BCUT2D eigenvalue weighted by molar-refractivity contribution is -0.307.